The highest BCUT2D eigenvalue weighted by Crippen LogP contribution is 2.31. The summed E-state index contributed by atoms with van der Waals surface area (Å²) in [6.07, 6.45) is 0.834. The molecule has 5 rings (SSSR count). The summed E-state index contributed by atoms with van der Waals surface area (Å²) in [5.74, 6) is 1.77. The number of nitrogens with zero attached hydrogens (tertiary/aromatic N) is 5. The van der Waals surface area contributed by atoms with Gasteiger partial charge in [-0.15, -0.1) is 16.4 Å². The van der Waals surface area contributed by atoms with Crippen LogP contribution in [0.25, 0.3) is 10.9 Å². The van der Waals surface area contributed by atoms with Crippen molar-refractivity contribution in [2.75, 3.05) is 7.11 Å². The molecular weight excluding hydrogens is 496 g/mol. The summed E-state index contributed by atoms with van der Waals surface area (Å²) < 4.78 is 7.32. The Morgan fingerprint density at radius 3 is 2.63 bits per heavy atom. The fourth-order valence-electron chi connectivity index (χ4n) is 4.89. The number of methoxy groups -OCH3 is 1. The molecule has 0 radical (unpaired) electrons. The van der Waals surface area contributed by atoms with E-state index in [1.54, 1.807) is 18.4 Å². The summed E-state index contributed by atoms with van der Waals surface area (Å²) in [5.41, 5.74) is 2.62. The van der Waals surface area contributed by atoms with Crippen molar-refractivity contribution in [2.45, 2.75) is 45.9 Å². The van der Waals surface area contributed by atoms with E-state index in [4.69, 9.17) is 4.74 Å². The topological polar surface area (TPSA) is 88.9 Å². The zero-order chi connectivity index (χ0) is 26.5. The quantitative estimate of drug-likeness (QED) is 0.253. The lowest BCUT2D eigenvalue weighted by atomic mass is 10.00. The Morgan fingerprint density at radius 1 is 1.05 bits per heavy atom. The molecule has 0 saturated carbocycles. The molecule has 0 aliphatic carbocycles. The number of tetrazole rings is 1. The molecule has 8 nitrogen and oxygen atoms in total. The van der Waals surface area contributed by atoms with Crippen molar-refractivity contribution in [3.63, 3.8) is 0 Å². The number of rotatable bonds is 11. The summed E-state index contributed by atoms with van der Waals surface area (Å²) in [5, 5.41) is 15.9. The molecule has 0 aliphatic heterocycles. The Hall–Kier alpha value is -3.82. The first-order valence-corrected chi connectivity index (χ1v) is 13.7. The van der Waals surface area contributed by atoms with Crippen LogP contribution in [0.2, 0.25) is 0 Å². The highest BCUT2D eigenvalue weighted by molar-refractivity contribution is 7.09. The third-order valence-corrected chi connectivity index (χ3v) is 7.61. The molecule has 1 N–H and O–H groups in total. The molecule has 5 aromatic rings. The first kappa shape index (κ1) is 25.8. The lowest BCUT2D eigenvalue weighted by Gasteiger charge is -2.33. The van der Waals surface area contributed by atoms with Gasteiger partial charge in [0.25, 0.3) is 5.56 Å². The minimum atomic E-state index is -0.0942. The van der Waals surface area contributed by atoms with E-state index in [9.17, 15) is 4.79 Å². The number of pyridine rings is 1. The van der Waals surface area contributed by atoms with Gasteiger partial charge in [0.1, 0.15) is 5.75 Å². The van der Waals surface area contributed by atoms with Gasteiger partial charge in [0.15, 0.2) is 5.82 Å². The van der Waals surface area contributed by atoms with Crippen LogP contribution in [0.15, 0.2) is 76.9 Å². The maximum absolute atomic E-state index is 13.2. The summed E-state index contributed by atoms with van der Waals surface area (Å²) >= 11 is 1.71. The van der Waals surface area contributed by atoms with Crippen LogP contribution in [0.1, 0.15) is 41.7 Å². The molecule has 3 aromatic heterocycles. The van der Waals surface area contributed by atoms with Crippen molar-refractivity contribution >= 4 is 22.2 Å². The molecule has 0 fully saturated rings. The van der Waals surface area contributed by atoms with E-state index < -0.39 is 0 Å². The Labute approximate surface area is 225 Å². The van der Waals surface area contributed by atoms with Crippen LogP contribution < -0.4 is 10.3 Å². The zero-order valence-electron chi connectivity index (χ0n) is 21.9. The van der Waals surface area contributed by atoms with Gasteiger partial charge in [0, 0.05) is 41.0 Å². The second kappa shape index (κ2) is 11.7. The SMILES string of the molecule is COc1ccc2[nH]c(=O)c(CN(Cc3cccs3)[C@@H](c3nnnn3CCc3ccccc3)C(C)C)cc2c1. The Morgan fingerprint density at radius 2 is 1.89 bits per heavy atom. The van der Waals surface area contributed by atoms with Crippen molar-refractivity contribution in [2.24, 2.45) is 5.92 Å². The fraction of sp³-hybridized carbons (Fsp3) is 0.310. The first-order chi connectivity index (χ1) is 18.5. The highest BCUT2D eigenvalue weighted by Gasteiger charge is 2.30. The second-order valence-electron chi connectivity index (χ2n) is 9.75. The summed E-state index contributed by atoms with van der Waals surface area (Å²) in [7, 11) is 1.64. The molecule has 2 aromatic carbocycles. The number of thiophene rings is 1. The molecule has 196 valence electrons. The van der Waals surface area contributed by atoms with Crippen molar-refractivity contribution in [3.05, 3.63) is 104 Å². The van der Waals surface area contributed by atoms with Gasteiger partial charge in [-0.2, -0.15) is 0 Å². The minimum Gasteiger partial charge on any atom is -0.497 e. The average molecular weight is 529 g/mol. The monoisotopic (exact) mass is 528 g/mol. The van der Waals surface area contributed by atoms with Gasteiger partial charge < -0.3 is 9.72 Å². The number of H-pyrrole nitrogens is 1. The normalized spacial score (nSPS) is 12.4. The molecule has 0 bridgehead atoms. The predicted molar refractivity (Wildman–Crippen MR) is 150 cm³/mol. The van der Waals surface area contributed by atoms with Gasteiger partial charge in [-0.05, 0) is 64.0 Å². The third kappa shape index (κ3) is 5.84. The van der Waals surface area contributed by atoms with Crippen molar-refractivity contribution < 1.29 is 4.74 Å². The lowest BCUT2D eigenvalue weighted by Crippen LogP contribution is -2.35. The summed E-state index contributed by atoms with van der Waals surface area (Å²) in [4.78, 5) is 19.8. The number of aromatic nitrogens is 5. The largest absolute Gasteiger partial charge is 0.497 e. The molecule has 0 spiro atoms. The van der Waals surface area contributed by atoms with Crippen LogP contribution in [0.5, 0.6) is 5.75 Å². The van der Waals surface area contributed by atoms with Crippen LogP contribution >= 0.6 is 11.3 Å². The molecule has 38 heavy (non-hydrogen) atoms. The van der Waals surface area contributed by atoms with Gasteiger partial charge in [-0.1, -0.05) is 50.2 Å². The van der Waals surface area contributed by atoms with E-state index in [0.717, 1.165) is 28.9 Å². The standard InChI is InChI=1S/C29H32N6O2S/c1-20(2)27(28-31-32-33-35(28)14-13-21-8-5-4-6-9-21)34(19-25-10-7-15-38-25)18-23-16-22-17-24(37-3)11-12-26(22)30-29(23)36/h4-12,15-17,20,27H,13-14,18-19H2,1-3H3,(H,30,36)/t27-/m1/s1. The smallest absolute Gasteiger partial charge is 0.252 e. The molecule has 0 aliphatic rings. The predicted octanol–water partition coefficient (Wildman–Crippen LogP) is 5.23. The van der Waals surface area contributed by atoms with Gasteiger partial charge in [0.2, 0.25) is 0 Å². The van der Waals surface area contributed by atoms with Crippen LogP contribution in [0.4, 0.5) is 0 Å². The van der Waals surface area contributed by atoms with Gasteiger partial charge >= 0.3 is 0 Å². The molecule has 0 amide bonds. The van der Waals surface area contributed by atoms with Crippen LogP contribution in [-0.2, 0) is 26.1 Å². The third-order valence-electron chi connectivity index (χ3n) is 6.74. The zero-order valence-corrected chi connectivity index (χ0v) is 22.7. The molecule has 1 atom stereocenters. The Bertz CT molecular complexity index is 1530. The number of ether oxygens (including phenoxy) is 1. The number of nitrogens with one attached hydrogen (secondary N) is 1. The minimum absolute atomic E-state index is 0.0926. The number of aryl methyl sites for hydroxylation is 2. The fourth-order valence-corrected chi connectivity index (χ4v) is 5.62. The maximum Gasteiger partial charge on any atom is 0.252 e. The van der Waals surface area contributed by atoms with Crippen molar-refractivity contribution in [1.29, 1.82) is 0 Å². The van der Waals surface area contributed by atoms with E-state index in [0.29, 0.717) is 25.2 Å². The molecular formula is C29H32N6O2S. The van der Waals surface area contributed by atoms with Crippen molar-refractivity contribution in [1.82, 2.24) is 30.1 Å². The molecule has 3 heterocycles. The highest BCUT2D eigenvalue weighted by atomic mass is 32.1. The maximum atomic E-state index is 13.2. The Balaban J connectivity index is 1.49. The average Bonchev–Trinajstić information content (AvgIpc) is 3.60. The Kier molecular flexibility index (Phi) is 7.95. The molecule has 9 heteroatoms. The van der Waals surface area contributed by atoms with E-state index in [-0.39, 0.29) is 17.5 Å². The van der Waals surface area contributed by atoms with Gasteiger partial charge in [-0.3, -0.25) is 9.69 Å². The van der Waals surface area contributed by atoms with E-state index in [2.05, 4.69) is 68.9 Å². The summed E-state index contributed by atoms with van der Waals surface area (Å²) in [6.45, 7) is 6.17. The summed E-state index contributed by atoms with van der Waals surface area (Å²) in [6, 6.07) is 22.1. The van der Waals surface area contributed by atoms with Crippen LogP contribution in [-0.4, -0.2) is 37.2 Å². The van der Waals surface area contributed by atoms with E-state index in [1.165, 1.54) is 10.4 Å². The molecule has 0 saturated heterocycles. The lowest BCUT2D eigenvalue weighted by molar-refractivity contribution is 0.127. The molecule has 0 unspecified atom stereocenters. The second-order valence-corrected chi connectivity index (χ2v) is 10.8. The number of hydrogen-bond donors (Lipinski definition) is 1. The van der Waals surface area contributed by atoms with Crippen molar-refractivity contribution in [3.8, 4) is 5.75 Å². The van der Waals surface area contributed by atoms with Gasteiger partial charge in [-0.25, -0.2) is 4.68 Å². The number of hydrogen-bond acceptors (Lipinski definition) is 7. The van der Waals surface area contributed by atoms with Crippen LogP contribution in [0.3, 0.4) is 0 Å². The number of fused-ring (bicyclic) bond motifs is 1. The number of benzene rings is 2. The van der Waals surface area contributed by atoms with Gasteiger partial charge in [0.05, 0.1) is 13.2 Å². The van der Waals surface area contributed by atoms with Crippen LogP contribution in [0, 0.1) is 5.92 Å². The number of aromatic amines is 1. The first-order valence-electron chi connectivity index (χ1n) is 12.8. The van der Waals surface area contributed by atoms with E-state index >= 15 is 0 Å². The van der Waals surface area contributed by atoms with E-state index in [1.807, 2.05) is 47.1 Å².